The Morgan fingerprint density at radius 1 is 1.11 bits per heavy atom. The largest absolute Gasteiger partial charge is 0.496 e. The molecule has 1 aliphatic carbocycles. The van der Waals surface area contributed by atoms with Gasteiger partial charge in [0.15, 0.2) is 0 Å². The number of nitrogens with zero attached hydrogens (tertiary/aromatic N) is 1. The first-order valence-electron chi connectivity index (χ1n) is 9.08. The van der Waals surface area contributed by atoms with E-state index in [-0.39, 0.29) is 18.4 Å². The molecule has 2 amide bonds. The lowest BCUT2D eigenvalue weighted by Crippen LogP contribution is -2.32. The number of ether oxygens (including phenoxy) is 1. The third kappa shape index (κ3) is 5.00. The van der Waals surface area contributed by atoms with Gasteiger partial charge in [-0.05, 0) is 31.0 Å². The minimum atomic E-state index is -0.101. The molecule has 0 aromatic heterocycles. The van der Waals surface area contributed by atoms with Crippen molar-refractivity contribution in [2.75, 3.05) is 26.0 Å². The molecule has 1 saturated carbocycles. The van der Waals surface area contributed by atoms with Crippen LogP contribution in [-0.2, 0) is 11.3 Å². The van der Waals surface area contributed by atoms with Crippen molar-refractivity contribution in [2.24, 2.45) is 0 Å². The Morgan fingerprint density at radius 3 is 2.56 bits per heavy atom. The minimum absolute atomic E-state index is 0.0710. The second-order valence-corrected chi connectivity index (χ2v) is 6.71. The van der Waals surface area contributed by atoms with Crippen molar-refractivity contribution >= 4 is 17.5 Å². The zero-order valence-electron chi connectivity index (χ0n) is 15.7. The van der Waals surface area contributed by atoms with Crippen LogP contribution in [0.1, 0.15) is 28.8 Å². The van der Waals surface area contributed by atoms with Gasteiger partial charge in [0, 0.05) is 30.9 Å². The molecule has 6 nitrogen and oxygen atoms in total. The van der Waals surface area contributed by atoms with Crippen molar-refractivity contribution < 1.29 is 14.3 Å². The van der Waals surface area contributed by atoms with Gasteiger partial charge in [-0.2, -0.15) is 0 Å². The number of amides is 2. The van der Waals surface area contributed by atoms with Gasteiger partial charge in [-0.3, -0.25) is 9.59 Å². The fourth-order valence-corrected chi connectivity index (χ4v) is 2.81. The predicted molar refractivity (Wildman–Crippen MR) is 105 cm³/mol. The van der Waals surface area contributed by atoms with Gasteiger partial charge in [-0.1, -0.05) is 30.3 Å². The number of para-hydroxylation sites is 2. The van der Waals surface area contributed by atoms with Crippen molar-refractivity contribution in [1.82, 2.24) is 10.2 Å². The van der Waals surface area contributed by atoms with Crippen LogP contribution in [-0.4, -0.2) is 43.5 Å². The van der Waals surface area contributed by atoms with Crippen LogP contribution in [0.25, 0.3) is 0 Å². The van der Waals surface area contributed by atoms with E-state index in [0.29, 0.717) is 23.8 Å². The first-order valence-corrected chi connectivity index (χ1v) is 9.08. The number of nitrogens with one attached hydrogen (secondary N) is 2. The standard InChI is InChI=1S/C21H25N3O3/c1-24(14-15-7-3-6-10-19(15)27-2)20(25)13-22-18-9-5-4-8-17(18)21(26)23-16-11-12-16/h3-10,16,22H,11-14H2,1-2H3,(H,23,26). The number of benzene rings is 2. The number of hydrogen-bond acceptors (Lipinski definition) is 4. The van der Waals surface area contributed by atoms with E-state index >= 15 is 0 Å². The van der Waals surface area contributed by atoms with Crippen LogP contribution >= 0.6 is 0 Å². The van der Waals surface area contributed by atoms with Crippen molar-refractivity contribution in [3.63, 3.8) is 0 Å². The highest BCUT2D eigenvalue weighted by Crippen LogP contribution is 2.22. The summed E-state index contributed by atoms with van der Waals surface area (Å²) in [6.45, 7) is 0.563. The van der Waals surface area contributed by atoms with Gasteiger partial charge < -0.3 is 20.3 Å². The molecular weight excluding hydrogens is 342 g/mol. The predicted octanol–water partition coefficient (Wildman–Crippen LogP) is 2.66. The quantitative estimate of drug-likeness (QED) is 0.753. The Kier molecular flexibility index (Phi) is 5.96. The van der Waals surface area contributed by atoms with E-state index in [1.165, 1.54) is 0 Å². The average Bonchev–Trinajstić information content (AvgIpc) is 3.50. The first-order chi connectivity index (χ1) is 13.1. The molecule has 2 aromatic carbocycles. The summed E-state index contributed by atoms with van der Waals surface area (Å²) >= 11 is 0. The van der Waals surface area contributed by atoms with Gasteiger partial charge in [-0.15, -0.1) is 0 Å². The number of methoxy groups -OCH3 is 1. The number of carbonyl (C=O) groups excluding carboxylic acids is 2. The smallest absolute Gasteiger partial charge is 0.253 e. The number of anilines is 1. The molecule has 6 heteroatoms. The Hall–Kier alpha value is -3.02. The molecule has 0 bridgehead atoms. The van der Waals surface area contributed by atoms with Crippen LogP contribution in [0.2, 0.25) is 0 Å². The van der Waals surface area contributed by atoms with E-state index in [1.807, 2.05) is 42.5 Å². The van der Waals surface area contributed by atoms with Gasteiger partial charge in [0.25, 0.3) is 5.91 Å². The summed E-state index contributed by atoms with van der Waals surface area (Å²) in [5, 5.41) is 6.08. The zero-order chi connectivity index (χ0) is 19.2. The van der Waals surface area contributed by atoms with Crippen LogP contribution in [0, 0.1) is 0 Å². The van der Waals surface area contributed by atoms with E-state index in [9.17, 15) is 9.59 Å². The van der Waals surface area contributed by atoms with E-state index in [1.54, 1.807) is 25.1 Å². The molecule has 0 spiro atoms. The topological polar surface area (TPSA) is 70.7 Å². The zero-order valence-corrected chi connectivity index (χ0v) is 15.7. The maximum atomic E-state index is 12.5. The third-order valence-electron chi connectivity index (χ3n) is 4.54. The fraction of sp³-hybridized carbons (Fsp3) is 0.333. The van der Waals surface area contributed by atoms with Crippen molar-refractivity contribution in [1.29, 1.82) is 0 Å². The van der Waals surface area contributed by atoms with Crippen LogP contribution in [0.3, 0.4) is 0 Å². The summed E-state index contributed by atoms with van der Waals surface area (Å²) < 4.78 is 5.34. The highest BCUT2D eigenvalue weighted by Gasteiger charge is 2.24. The second-order valence-electron chi connectivity index (χ2n) is 6.71. The summed E-state index contributed by atoms with van der Waals surface area (Å²) in [4.78, 5) is 26.5. The Labute approximate surface area is 159 Å². The van der Waals surface area contributed by atoms with E-state index in [2.05, 4.69) is 10.6 Å². The molecule has 1 fully saturated rings. The highest BCUT2D eigenvalue weighted by molar-refractivity contribution is 6.00. The summed E-state index contributed by atoms with van der Waals surface area (Å²) in [6.07, 6.45) is 2.07. The SMILES string of the molecule is COc1ccccc1CN(C)C(=O)CNc1ccccc1C(=O)NC1CC1. The van der Waals surface area contributed by atoms with Gasteiger partial charge >= 0.3 is 0 Å². The maximum absolute atomic E-state index is 12.5. The Balaban J connectivity index is 1.59. The molecule has 0 saturated heterocycles. The molecule has 0 heterocycles. The Bertz CT molecular complexity index is 818. The summed E-state index contributed by atoms with van der Waals surface area (Å²) in [6, 6.07) is 15.2. The van der Waals surface area contributed by atoms with Gasteiger partial charge in [0.1, 0.15) is 5.75 Å². The summed E-state index contributed by atoms with van der Waals surface area (Å²) in [5.74, 6) is 0.584. The molecule has 142 valence electrons. The summed E-state index contributed by atoms with van der Waals surface area (Å²) in [5.41, 5.74) is 2.17. The average molecular weight is 367 g/mol. The molecule has 3 rings (SSSR count). The van der Waals surface area contributed by atoms with Crippen LogP contribution in [0.4, 0.5) is 5.69 Å². The number of hydrogen-bond donors (Lipinski definition) is 2. The van der Waals surface area contributed by atoms with Crippen molar-refractivity contribution in [3.05, 3.63) is 59.7 Å². The molecule has 0 radical (unpaired) electrons. The lowest BCUT2D eigenvalue weighted by molar-refractivity contribution is -0.128. The minimum Gasteiger partial charge on any atom is -0.496 e. The highest BCUT2D eigenvalue weighted by atomic mass is 16.5. The van der Waals surface area contributed by atoms with Gasteiger partial charge in [0.2, 0.25) is 5.91 Å². The molecule has 0 atom stereocenters. The molecule has 27 heavy (non-hydrogen) atoms. The van der Waals surface area contributed by atoms with E-state index in [4.69, 9.17) is 4.74 Å². The van der Waals surface area contributed by atoms with Crippen molar-refractivity contribution in [2.45, 2.75) is 25.4 Å². The molecule has 0 unspecified atom stereocenters. The number of carbonyl (C=O) groups is 2. The first kappa shape index (κ1) is 18.8. The number of likely N-dealkylation sites (N-methyl/N-ethyl adjacent to an activating group) is 1. The molecule has 0 aliphatic heterocycles. The molecular formula is C21H25N3O3. The van der Waals surface area contributed by atoms with E-state index < -0.39 is 0 Å². The number of rotatable bonds is 8. The normalized spacial score (nSPS) is 13.0. The fourth-order valence-electron chi connectivity index (χ4n) is 2.81. The molecule has 2 aromatic rings. The van der Waals surface area contributed by atoms with Crippen LogP contribution in [0.5, 0.6) is 5.75 Å². The monoisotopic (exact) mass is 367 g/mol. The van der Waals surface area contributed by atoms with Gasteiger partial charge in [-0.25, -0.2) is 0 Å². The third-order valence-corrected chi connectivity index (χ3v) is 4.54. The van der Waals surface area contributed by atoms with Crippen molar-refractivity contribution in [3.8, 4) is 5.75 Å². The van der Waals surface area contributed by atoms with E-state index in [0.717, 1.165) is 24.2 Å². The Morgan fingerprint density at radius 2 is 1.81 bits per heavy atom. The lowest BCUT2D eigenvalue weighted by Gasteiger charge is -2.20. The molecule has 1 aliphatic rings. The summed E-state index contributed by atoms with van der Waals surface area (Å²) in [7, 11) is 3.37. The second kappa shape index (κ2) is 8.58. The van der Waals surface area contributed by atoms with Crippen LogP contribution in [0.15, 0.2) is 48.5 Å². The molecule has 2 N–H and O–H groups in total. The van der Waals surface area contributed by atoms with Gasteiger partial charge in [0.05, 0.1) is 19.2 Å². The van der Waals surface area contributed by atoms with Crippen LogP contribution < -0.4 is 15.4 Å². The lowest BCUT2D eigenvalue weighted by atomic mass is 10.1. The maximum Gasteiger partial charge on any atom is 0.253 e.